The van der Waals surface area contributed by atoms with Crippen LogP contribution in [0.1, 0.15) is 39.9 Å². The molecule has 0 saturated carbocycles. The Labute approximate surface area is 186 Å². The molecule has 0 radical (unpaired) electrons. The summed E-state index contributed by atoms with van der Waals surface area (Å²) in [6, 6.07) is 4.77. The van der Waals surface area contributed by atoms with E-state index in [9.17, 15) is 5.11 Å². The van der Waals surface area contributed by atoms with Crippen molar-refractivity contribution >= 4 is 33.1 Å². The largest absolute Gasteiger partial charge is 0.396 e. The second-order valence-electron chi connectivity index (χ2n) is 8.64. The van der Waals surface area contributed by atoms with E-state index < -0.39 is 6.23 Å². The molecule has 1 aliphatic carbocycles. The van der Waals surface area contributed by atoms with Gasteiger partial charge in [-0.15, -0.1) is 11.3 Å². The second-order valence-corrected chi connectivity index (χ2v) is 9.67. The van der Waals surface area contributed by atoms with Crippen molar-refractivity contribution in [1.29, 1.82) is 0 Å². The van der Waals surface area contributed by atoms with Gasteiger partial charge in [0, 0.05) is 44.1 Å². The number of nitrogens with two attached hydrogens (primary N) is 1. The van der Waals surface area contributed by atoms with Gasteiger partial charge in [0.1, 0.15) is 16.6 Å². The summed E-state index contributed by atoms with van der Waals surface area (Å²) < 4.78 is 0. The zero-order valence-electron chi connectivity index (χ0n) is 18.1. The Morgan fingerprint density at radius 3 is 2.90 bits per heavy atom. The van der Waals surface area contributed by atoms with Crippen molar-refractivity contribution in [3.63, 3.8) is 0 Å². The summed E-state index contributed by atoms with van der Waals surface area (Å²) in [7, 11) is 0. The first-order chi connectivity index (χ1) is 15.0. The summed E-state index contributed by atoms with van der Waals surface area (Å²) in [6.45, 7) is 8.40. The molecule has 3 aromatic rings. The van der Waals surface area contributed by atoms with E-state index in [4.69, 9.17) is 5.73 Å². The predicted molar refractivity (Wildman–Crippen MR) is 127 cm³/mol. The van der Waals surface area contributed by atoms with Gasteiger partial charge >= 0.3 is 0 Å². The number of aryl methyl sites for hydroxylation is 1. The number of nitrogens with one attached hydrogen (secondary N) is 2. The molecule has 2 atom stereocenters. The monoisotopic (exact) mass is 438 g/mol. The smallest absolute Gasteiger partial charge is 0.144 e. The van der Waals surface area contributed by atoms with E-state index in [2.05, 4.69) is 44.6 Å². The molecule has 1 fully saturated rings. The lowest BCUT2D eigenvalue weighted by atomic mass is 9.84. The van der Waals surface area contributed by atoms with Crippen LogP contribution in [-0.4, -0.2) is 47.3 Å². The van der Waals surface area contributed by atoms with E-state index in [1.165, 1.54) is 33.7 Å². The van der Waals surface area contributed by atoms with Gasteiger partial charge < -0.3 is 21.1 Å². The number of hydrogen-bond donors (Lipinski definition) is 4. The molecule has 31 heavy (non-hydrogen) atoms. The van der Waals surface area contributed by atoms with E-state index in [-0.39, 0.29) is 6.04 Å². The number of hydrogen-bond acceptors (Lipinski definition) is 8. The first kappa shape index (κ1) is 20.6. The number of thiophene rings is 1. The van der Waals surface area contributed by atoms with Crippen molar-refractivity contribution in [2.75, 3.05) is 36.8 Å². The highest BCUT2D eigenvalue weighted by Crippen LogP contribution is 2.36. The molecule has 1 aliphatic heterocycles. The summed E-state index contributed by atoms with van der Waals surface area (Å²) in [5, 5.41) is 17.7. The summed E-state index contributed by atoms with van der Waals surface area (Å²) in [4.78, 5) is 12.9. The van der Waals surface area contributed by atoms with E-state index in [0.29, 0.717) is 16.1 Å². The van der Waals surface area contributed by atoms with Gasteiger partial charge in [0.05, 0.1) is 16.3 Å². The maximum atomic E-state index is 10.9. The van der Waals surface area contributed by atoms with Crippen molar-refractivity contribution < 1.29 is 5.11 Å². The number of aliphatic hydroxyl groups is 1. The third-order valence-corrected chi connectivity index (χ3v) is 7.70. The number of aliphatic hydroxyl groups excluding tert-OH is 1. The van der Waals surface area contributed by atoms with Crippen LogP contribution >= 0.6 is 11.3 Å². The molecular formula is C23H30N6OS. The molecule has 3 heterocycles. The highest BCUT2D eigenvalue weighted by molar-refractivity contribution is 7.19. The summed E-state index contributed by atoms with van der Waals surface area (Å²) in [5.41, 5.74) is 14.0. The molecule has 0 amide bonds. The number of aromatic nitrogens is 2. The number of nitrogens with zero attached hydrogens (tertiary/aromatic N) is 3. The molecule has 1 aromatic carbocycles. The Bertz CT molecular complexity index is 1110. The molecule has 2 aromatic heterocycles. The first-order valence-electron chi connectivity index (χ1n) is 11.0. The second kappa shape index (κ2) is 8.35. The molecule has 0 bridgehead atoms. The van der Waals surface area contributed by atoms with Gasteiger partial charge in [0.2, 0.25) is 0 Å². The lowest BCUT2D eigenvalue weighted by Gasteiger charge is -2.34. The van der Waals surface area contributed by atoms with Gasteiger partial charge in [-0.3, -0.25) is 5.32 Å². The summed E-state index contributed by atoms with van der Waals surface area (Å²) >= 11 is 1.42. The molecule has 0 spiro atoms. The number of anilines is 2. The molecule has 8 heteroatoms. The van der Waals surface area contributed by atoms with E-state index in [1.807, 2.05) is 6.92 Å². The number of rotatable bonds is 4. The number of benzene rings is 1. The third-order valence-electron chi connectivity index (χ3n) is 6.56. The Kier molecular flexibility index (Phi) is 5.56. The van der Waals surface area contributed by atoms with Gasteiger partial charge in [-0.1, -0.05) is 6.07 Å². The standard InChI is InChI=1S/C23H30N6OS/c1-13-12-26-20-19(24)21(31-23(20)27-13)22(30)28-16-4-5-17-14(2)18(6-3-15(17)11-16)29-9-7-25-8-10-29/h3,6,12,16,22,25,28,30H,4-5,7-11,24H2,1-2H3/t16-,22?/m0/s1. The molecule has 1 saturated heterocycles. The van der Waals surface area contributed by atoms with E-state index >= 15 is 0 Å². The van der Waals surface area contributed by atoms with Gasteiger partial charge in [-0.05, 0) is 55.9 Å². The molecule has 164 valence electrons. The van der Waals surface area contributed by atoms with Crippen molar-refractivity contribution in [2.24, 2.45) is 0 Å². The number of piperazine rings is 1. The Morgan fingerprint density at radius 1 is 1.29 bits per heavy atom. The Balaban J connectivity index is 1.32. The highest BCUT2D eigenvalue weighted by atomic mass is 32.1. The summed E-state index contributed by atoms with van der Waals surface area (Å²) in [6.07, 6.45) is 3.83. The average molecular weight is 439 g/mol. The molecule has 7 nitrogen and oxygen atoms in total. The fourth-order valence-electron chi connectivity index (χ4n) is 4.91. The van der Waals surface area contributed by atoms with Gasteiger partial charge in [0.15, 0.2) is 0 Å². The van der Waals surface area contributed by atoms with Crippen LogP contribution in [0.15, 0.2) is 18.3 Å². The van der Waals surface area contributed by atoms with E-state index in [1.54, 1.807) is 6.20 Å². The maximum Gasteiger partial charge on any atom is 0.144 e. The number of fused-ring (bicyclic) bond motifs is 2. The van der Waals surface area contributed by atoms with Crippen LogP contribution < -0.4 is 21.3 Å². The van der Waals surface area contributed by atoms with Crippen molar-refractivity contribution in [1.82, 2.24) is 20.6 Å². The fourth-order valence-corrected chi connectivity index (χ4v) is 5.95. The third kappa shape index (κ3) is 3.89. The quantitative estimate of drug-likeness (QED) is 0.464. The van der Waals surface area contributed by atoms with Crippen LogP contribution in [0.2, 0.25) is 0 Å². The topological polar surface area (TPSA) is 99.3 Å². The van der Waals surface area contributed by atoms with Crippen LogP contribution in [0.25, 0.3) is 10.3 Å². The van der Waals surface area contributed by atoms with Crippen molar-refractivity contribution in [2.45, 2.75) is 45.4 Å². The zero-order chi connectivity index (χ0) is 21.5. The van der Waals surface area contributed by atoms with Gasteiger partial charge in [-0.25, -0.2) is 9.97 Å². The van der Waals surface area contributed by atoms with E-state index in [0.717, 1.165) is 56.0 Å². The lowest BCUT2D eigenvalue weighted by Crippen LogP contribution is -2.44. The van der Waals surface area contributed by atoms with Crippen LogP contribution in [0, 0.1) is 13.8 Å². The van der Waals surface area contributed by atoms with Crippen LogP contribution in [0.3, 0.4) is 0 Å². The fraction of sp³-hybridized carbons (Fsp3) is 0.478. The first-order valence-corrected chi connectivity index (χ1v) is 11.9. The number of nitrogen functional groups attached to an aromatic ring is 1. The van der Waals surface area contributed by atoms with Gasteiger partial charge in [-0.2, -0.15) is 0 Å². The zero-order valence-corrected chi connectivity index (χ0v) is 18.9. The molecule has 5 N–H and O–H groups in total. The lowest BCUT2D eigenvalue weighted by molar-refractivity contribution is 0.124. The molecule has 5 rings (SSSR count). The minimum atomic E-state index is -0.811. The van der Waals surface area contributed by atoms with Crippen molar-refractivity contribution in [3.05, 3.63) is 45.6 Å². The Hall–Kier alpha value is -2.26. The normalized spacial score (nSPS) is 20.1. The summed E-state index contributed by atoms with van der Waals surface area (Å²) in [5.74, 6) is 0. The Morgan fingerprint density at radius 2 is 2.10 bits per heavy atom. The minimum Gasteiger partial charge on any atom is -0.396 e. The highest BCUT2D eigenvalue weighted by Gasteiger charge is 2.26. The van der Waals surface area contributed by atoms with Crippen LogP contribution in [-0.2, 0) is 12.8 Å². The maximum absolute atomic E-state index is 10.9. The SMILES string of the molecule is Cc1cnc2c(N)c(C(O)N[C@H]3CCc4c(ccc(N5CCNCC5)c4C)C3)sc2n1. The molecular weight excluding hydrogens is 408 g/mol. The van der Waals surface area contributed by atoms with Crippen LogP contribution in [0.5, 0.6) is 0 Å². The van der Waals surface area contributed by atoms with Crippen LogP contribution in [0.4, 0.5) is 11.4 Å². The average Bonchev–Trinajstić information content (AvgIpc) is 3.10. The molecule has 2 aliphatic rings. The predicted octanol–water partition coefficient (Wildman–Crippen LogP) is 2.44. The van der Waals surface area contributed by atoms with Gasteiger partial charge in [0.25, 0.3) is 0 Å². The van der Waals surface area contributed by atoms with Crippen molar-refractivity contribution in [3.8, 4) is 0 Å². The minimum absolute atomic E-state index is 0.208. The molecule has 1 unspecified atom stereocenters.